The second-order valence-electron chi connectivity index (χ2n) is 9.58. The van der Waals surface area contributed by atoms with Crippen LogP contribution >= 0.6 is 0 Å². The Kier molecular flexibility index (Phi) is 5.85. The van der Waals surface area contributed by atoms with Gasteiger partial charge >= 0.3 is 0 Å². The number of likely N-dealkylation sites (tertiary alicyclic amines) is 1. The highest BCUT2D eigenvalue weighted by molar-refractivity contribution is 6.04. The maximum absolute atomic E-state index is 14.9. The molecule has 1 saturated heterocycles. The Bertz CT molecular complexity index is 1400. The number of likely N-dealkylation sites (N-methyl/N-ethyl adjacent to an activating group) is 1. The quantitative estimate of drug-likeness (QED) is 0.578. The molecule has 1 aromatic heterocycles. The summed E-state index contributed by atoms with van der Waals surface area (Å²) in [4.78, 5) is 27.1. The first kappa shape index (κ1) is 23.7. The van der Waals surface area contributed by atoms with Gasteiger partial charge < -0.3 is 20.2 Å². The number of aryl methyl sites for hydroxylation is 1. The number of benzene rings is 2. The second kappa shape index (κ2) is 8.88. The van der Waals surface area contributed by atoms with Crippen LogP contribution in [0, 0.1) is 24.1 Å². The van der Waals surface area contributed by atoms with Gasteiger partial charge in [0.1, 0.15) is 34.7 Å². The first-order valence-corrected chi connectivity index (χ1v) is 11.9. The topological polar surface area (TPSA) is 105 Å². The third kappa shape index (κ3) is 3.74. The van der Waals surface area contributed by atoms with Crippen LogP contribution in [-0.2, 0) is 16.8 Å². The van der Waals surface area contributed by atoms with E-state index in [1.807, 2.05) is 13.1 Å². The number of hydrogen-bond donors (Lipinski definition) is 2. The molecule has 0 aliphatic carbocycles. The van der Waals surface area contributed by atoms with Crippen molar-refractivity contribution in [1.82, 2.24) is 14.9 Å². The number of nitrogens with zero attached hydrogens (tertiary/aromatic N) is 5. The fourth-order valence-electron chi connectivity index (χ4n) is 5.36. The molecular weight excluding hydrogens is 459 g/mol. The monoisotopic (exact) mass is 486 g/mol. The van der Waals surface area contributed by atoms with E-state index in [4.69, 9.17) is 4.98 Å². The van der Waals surface area contributed by atoms with Crippen molar-refractivity contribution in [2.45, 2.75) is 38.3 Å². The molecule has 2 atom stereocenters. The summed E-state index contributed by atoms with van der Waals surface area (Å²) in [6, 6.07) is 12.9. The number of fused-ring (bicyclic) bond motifs is 2. The van der Waals surface area contributed by atoms with Crippen LogP contribution in [0.5, 0.6) is 5.75 Å². The molecular formula is C27H27FN6O2. The molecule has 0 saturated carbocycles. The van der Waals surface area contributed by atoms with E-state index in [2.05, 4.69) is 15.2 Å². The van der Waals surface area contributed by atoms with Crippen LogP contribution in [0.25, 0.3) is 0 Å². The Morgan fingerprint density at radius 3 is 2.69 bits per heavy atom. The van der Waals surface area contributed by atoms with E-state index in [-0.39, 0.29) is 23.8 Å². The number of para-hydroxylation sites is 2. The molecule has 1 spiro atoms. The highest BCUT2D eigenvalue weighted by atomic mass is 19.1. The van der Waals surface area contributed by atoms with Gasteiger partial charge in [0.15, 0.2) is 0 Å². The molecule has 1 unspecified atom stereocenters. The largest absolute Gasteiger partial charge is 0.506 e. The molecule has 2 N–H and O–H groups in total. The molecule has 184 valence electrons. The van der Waals surface area contributed by atoms with Gasteiger partial charge in [-0.1, -0.05) is 24.3 Å². The van der Waals surface area contributed by atoms with E-state index in [0.717, 1.165) is 12.1 Å². The standard InChI is InChI=1S/C27H27FN6O2/c1-16(19-8-6-7-18(13-29)23(19)28)30-25-20-14-34(21-9-4-5-10-22(21)35)26(36)27(11-12-33(3)15-27)24(20)31-17(2)32-25/h4-10,16,35H,11-12,14-15H2,1-3H3,(H,30,31,32)/t16-,27?/m1/s1. The van der Waals surface area contributed by atoms with E-state index in [1.165, 1.54) is 6.07 Å². The minimum atomic E-state index is -0.885. The summed E-state index contributed by atoms with van der Waals surface area (Å²) in [5.41, 5.74) is 1.28. The van der Waals surface area contributed by atoms with E-state index in [1.54, 1.807) is 55.1 Å². The van der Waals surface area contributed by atoms with Gasteiger partial charge in [0.2, 0.25) is 5.91 Å². The average Bonchev–Trinajstić information content (AvgIpc) is 3.25. The molecule has 5 rings (SSSR count). The maximum atomic E-state index is 14.9. The van der Waals surface area contributed by atoms with Gasteiger partial charge in [-0.15, -0.1) is 0 Å². The van der Waals surface area contributed by atoms with Crippen molar-refractivity contribution >= 4 is 17.4 Å². The summed E-state index contributed by atoms with van der Waals surface area (Å²) in [5.74, 6) is 0.355. The van der Waals surface area contributed by atoms with Gasteiger partial charge in [0.05, 0.1) is 29.5 Å². The lowest BCUT2D eigenvalue weighted by Crippen LogP contribution is -2.53. The summed E-state index contributed by atoms with van der Waals surface area (Å²) in [6.45, 7) is 4.96. The van der Waals surface area contributed by atoms with Crippen molar-refractivity contribution in [2.24, 2.45) is 0 Å². The molecule has 3 aromatic rings. The van der Waals surface area contributed by atoms with E-state index in [0.29, 0.717) is 41.6 Å². The van der Waals surface area contributed by atoms with Gasteiger partial charge in [-0.05, 0) is 52.1 Å². The van der Waals surface area contributed by atoms with Crippen molar-refractivity contribution in [2.75, 3.05) is 30.4 Å². The fraction of sp³-hybridized carbons (Fsp3) is 0.333. The maximum Gasteiger partial charge on any atom is 0.241 e. The number of hydrogen-bond acceptors (Lipinski definition) is 7. The summed E-state index contributed by atoms with van der Waals surface area (Å²) in [7, 11) is 1.97. The van der Waals surface area contributed by atoms with Crippen LogP contribution in [0.3, 0.4) is 0 Å². The molecule has 1 fully saturated rings. The lowest BCUT2D eigenvalue weighted by molar-refractivity contribution is -0.124. The number of aromatic nitrogens is 2. The zero-order chi connectivity index (χ0) is 25.6. The van der Waals surface area contributed by atoms with Crippen LogP contribution in [0.2, 0.25) is 0 Å². The third-order valence-corrected chi connectivity index (χ3v) is 7.14. The van der Waals surface area contributed by atoms with E-state index < -0.39 is 17.3 Å². The summed E-state index contributed by atoms with van der Waals surface area (Å²) in [6.07, 6.45) is 0.587. The highest BCUT2D eigenvalue weighted by Crippen LogP contribution is 2.45. The Morgan fingerprint density at radius 2 is 2.00 bits per heavy atom. The smallest absolute Gasteiger partial charge is 0.241 e. The molecule has 0 bridgehead atoms. The molecule has 36 heavy (non-hydrogen) atoms. The lowest BCUT2D eigenvalue weighted by Gasteiger charge is -2.41. The SMILES string of the molecule is Cc1nc(N[C@H](C)c2cccc(C#N)c2F)c2c(n1)C1(CCN(C)C1)C(=O)N(c1ccccc1O)C2. The number of amides is 1. The van der Waals surface area contributed by atoms with Crippen molar-refractivity contribution in [3.63, 3.8) is 0 Å². The number of carbonyl (C=O) groups is 1. The number of halogens is 1. The zero-order valence-electron chi connectivity index (χ0n) is 20.4. The third-order valence-electron chi connectivity index (χ3n) is 7.14. The average molecular weight is 487 g/mol. The van der Waals surface area contributed by atoms with Crippen molar-refractivity contribution in [3.05, 3.63) is 76.5 Å². The van der Waals surface area contributed by atoms with Gasteiger partial charge in [-0.2, -0.15) is 5.26 Å². The van der Waals surface area contributed by atoms with Crippen LogP contribution in [-0.4, -0.2) is 46.0 Å². The number of rotatable bonds is 4. The van der Waals surface area contributed by atoms with Crippen molar-refractivity contribution in [1.29, 1.82) is 5.26 Å². The van der Waals surface area contributed by atoms with Crippen LogP contribution < -0.4 is 10.2 Å². The predicted molar refractivity (Wildman–Crippen MR) is 133 cm³/mol. The molecule has 2 aliphatic rings. The number of aromatic hydroxyl groups is 1. The molecule has 8 nitrogen and oxygen atoms in total. The predicted octanol–water partition coefficient (Wildman–Crippen LogP) is 3.79. The lowest BCUT2D eigenvalue weighted by atomic mass is 9.76. The summed E-state index contributed by atoms with van der Waals surface area (Å²) >= 11 is 0. The molecule has 9 heteroatoms. The Labute approximate surface area is 209 Å². The summed E-state index contributed by atoms with van der Waals surface area (Å²) < 4.78 is 14.9. The minimum absolute atomic E-state index is 0.0158. The number of carbonyl (C=O) groups excluding carboxylic acids is 1. The Balaban J connectivity index is 1.64. The van der Waals surface area contributed by atoms with Crippen LogP contribution in [0.1, 0.15) is 47.6 Å². The molecule has 2 aromatic carbocycles. The van der Waals surface area contributed by atoms with Gasteiger partial charge in [-0.3, -0.25) is 4.79 Å². The number of phenols is 1. The second-order valence-corrected chi connectivity index (χ2v) is 9.58. The van der Waals surface area contributed by atoms with Gasteiger partial charge in [-0.25, -0.2) is 14.4 Å². The van der Waals surface area contributed by atoms with Gasteiger partial charge in [0.25, 0.3) is 0 Å². The highest BCUT2D eigenvalue weighted by Gasteiger charge is 2.53. The number of phenolic OH excluding ortho intramolecular Hbond substituents is 1. The molecule has 3 heterocycles. The Morgan fingerprint density at radius 1 is 1.22 bits per heavy atom. The van der Waals surface area contributed by atoms with E-state index in [9.17, 15) is 19.6 Å². The summed E-state index contributed by atoms with van der Waals surface area (Å²) in [5, 5.41) is 23.1. The molecule has 1 amide bonds. The molecule has 0 radical (unpaired) electrons. The number of nitrogens with one attached hydrogen (secondary N) is 1. The number of anilines is 2. The van der Waals surface area contributed by atoms with Crippen molar-refractivity contribution < 1.29 is 14.3 Å². The first-order chi connectivity index (χ1) is 17.2. The zero-order valence-corrected chi connectivity index (χ0v) is 20.4. The normalized spacial score (nSPS) is 20.3. The van der Waals surface area contributed by atoms with Crippen molar-refractivity contribution in [3.8, 4) is 11.8 Å². The fourth-order valence-corrected chi connectivity index (χ4v) is 5.36. The Hall–Kier alpha value is -4.03. The van der Waals surface area contributed by atoms with E-state index >= 15 is 0 Å². The number of nitriles is 1. The first-order valence-electron chi connectivity index (χ1n) is 11.9. The van der Waals surface area contributed by atoms with Crippen LogP contribution in [0.15, 0.2) is 42.5 Å². The van der Waals surface area contributed by atoms with Crippen LogP contribution in [0.4, 0.5) is 15.9 Å². The molecule has 2 aliphatic heterocycles. The minimum Gasteiger partial charge on any atom is -0.506 e. The van der Waals surface area contributed by atoms with Gasteiger partial charge in [0, 0.05) is 17.7 Å².